The van der Waals surface area contributed by atoms with Gasteiger partial charge in [0.25, 0.3) is 0 Å². The molecule has 0 unspecified atom stereocenters. The minimum absolute atomic E-state index is 0. The van der Waals surface area contributed by atoms with Gasteiger partial charge in [0, 0.05) is 28.3 Å². The van der Waals surface area contributed by atoms with Crippen LogP contribution in [-0.2, 0) is 19.5 Å². The second-order valence-electron chi connectivity index (χ2n) is 1.96. The summed E-state index contributed by atoms with van der Waals surface area (Å²) in [5, 5.41) is 0. The molecule has 0 aliphatic heterocycles. The van der Waals surface area contributed by atoms with Crippen LogP contribution in [0.5, 0.6) is 0 Å². The maximum absolute atomic E-state index is 2.36. The van der Waals surface area contributed by atoms with Crippen LogP contribution in [0.25, 0.3) is 0 Å². The average Bonchev–Trinajstić information content (AvgIpc) is 1.35. The Morgan fingerprint density at radius 3 is 1.44 bits per heavy atom. The largest absolute Gasteiger partial charge is 0.0776 e. The normalized spacial score (nSPS) is 6.67. The van der Waals surface area contributed by atoms with Gasteiger partial charge in [0.2, 0.25) is 0 Å². The molecule has 2 heteroatoms. The second kappa shape index (κ2) is 15.9. The zero-order valence-corrected chi connectivity index (χ0v) is 8.01. The molecule has 0 saturated carbocycles. The molecule has 1 radical (unpaired) electrons. The molecule has 0 aromatic carbocycles. The molecule has 0 nitrogen and oxygen atoms in total. The summed E-state index contributed by atoms with van der Waals surface area (Å²) >= 11 is 0. The predicted octanol–water partition coefficient (Wildman–Crippen LogP) is 3.42. The van der Waals surface area contributed by atoms with Crippen LogP contribution in [-0.4, -0.2) is 8.80 Å². The van der Waals surface area contributed by atoms with Crippen LogP contribution in [0.3, 0.4) is 0 Å². The SMILES string of the molecule is C.C.CCC[Si](C)C.[Ru]. The molecule has 0 atom stereocenters. The van der Waals surface area contributed by atoms with E-state index in [4.69, 9.17) is 0 Å². The third kappa shape index (κ3) is 28.0. The molecule has 0 aliphatic rings. The molecule has 0 aliphatic carbocycles. The molecule has 0 fully saturated rings. The van der Waals surface area contributed by atoms with Gasteiger partial charge in [-0.2, -0.15) is 0 Å². The summed E-state index contributed by atoms with van der Waals surface area (Å²) in [5.41, 5.74) is 0. The van der Waals surface area contributed by atoms with Gasteiger partial charge in [-0.25, -0.2) is 0 Å². The second-order valence-corrected chi connectivity index (χ2v) is 4.87. The van der Waals surface area contributed by atoms with Crippen LogP contribution < -0.4 is 0 Å². The van der Waals surface area contributed by atoms with E-state index >= 15 is 0 Å². The molecule has 0 spiro atoms. The van der Waals surface area contributed by atoms with Gasteiger partial charge in [-0.1, -0.05) is 47.3 Å². The maximum Gasteiger partial charge on any atom is 0.0412 e. The number of hydrogen-bond donors (Lipinski definition) is 0. The molecule has 61 valence electrons. The van der Waals surface area contributed by atoms with Gasteiger partial charge in [0.05, 0.1) is 0 Å². The fourth-order valence-electron chi connectivity index (χ4n) is 0.500. The first-order valence-corrected chi connectivity index (χ1v) is 5.27. The van der Waals surface area contributed by atoms with Crippen molar-refractivity contribution in [2.75, 3.05) is 0 Å². The van der Waals surface area contributed by atoms with E-state index in [-0.39, 0.29) is 43.1 Å². The smallest absolute Gasteiger partial charge is 0.0412 e. The summed E-state index contributed by atoms with van der Waals surface area (Å²) in [6.07, 6.45) is 1.38. The summed E-state index contributed by atoms with van der Waals surface area (Å²) < 4.78 is 0. The Balaban J connectivity index is -0.0000000417. The van der Waals surface area contributed by atoms with Crippen molar-refractivity contribution in [1.82, 2.24) is 0 Å². The topological polar surface area (TPSA) is 0 Å². The van der Waals surface area contributed by atoms with Gasteiger partial charge in [0.15, 0.2) is 0 Å². The zero-order chi connectivity index (χ0) is 4.99. The molecule has 9 heavy (non-hydrogen) atoms. The third-order valence-electron chi connectivity index (χ3n) is 0.750. The van der Waals surface area contributed by atoms with Crippen molar-refractivity contribution in [3.05, 3.63) is 0 Å². The first-order chi connectivity index (χ1) is 2.77. The molecular formula is C7H21RuSi. The van der Waals surface area contributed by atoms with Crippen molar-refractivity contribution in [2.24, 2.45) is 0 Å². The van der Waals surface area contributed by atoms with Gasteiger partial charge >= 0.3 is 0 Å². The average molecular weight is 234 g/mol. The van der Waals surface area contributed by atoms with Crippen LogP contribution in [0, 0.1) is 0 Å². The van der Waals surface area contributed by atoms with E-state index in [1.807, 2.05) is 0 Å². The minimum atomic E-state index is 0. The van der Waals surface area contributed by atoms with E-state index < -0.39 is 0 Å². The first kappa shape index (κ1) is 22.5. The van der Waals surface area contributed by atoms with Crippen molar-refractivity contribution < 1.29 is 19.5 Å². The van der Waals surface area contributed by atoms with Gasteiger partial charge in [-0.05, 0) is 0 Å². The van der Waals surface area contributed by atoms with Gasteiger partial charge in [0.1, 0.15) is 0 Å². The van der Waals surface area contributed by atoms with Crippen molar-refractivity contribution >= 4 is 8.80 Å². The molecule has 0 aromatic heterocycles. The van der Waals surface area contributed by atoms with E-state index in [9.17, 15) is 0 Å². The molecular weight excluding hydrogens is 213 g/mol. The maximum atomic E-state index is 2.36. The van der Waals surface area contributed by atoms with E-state index in [2.05, 4.69) is 20.0 Å². The summed E-state index contributed by atoms with van der Waals surface area (Å²) in [4.78, 5) is 0. The van der Waals surface area contributed by atoms with E-state index in [0.29, 0.717) is 0 Å². The van der Waals surface area contributed by atoms with Crippen molar-refractivity contribution in [2.45, 2.75) is 47.3 Å². The Labute approximate surface area is 75.8 Å². The van der Waals surface area contributed by atoms with E-state index in [1.165, 1.54) is 12.5 Å². The summed E-state index contributed by atoms with van der Waals surface area (Å²) in [7, 11) is 0.114. The van der Waals surface area contributed by atoms with Crippen molar-refractivity contribution in [3.8, 4) is 0 Å². The zero-order valence-electron chi connectivity index (χ0n) is 5.27. The summed E-state index contributed by atoms with van der Waals surface area (Å²) in [5.74, 6) is 0. The Morgan fingerprint density at radius 1 is 1.11 bits per heavy atom. The monoisotopic (exact) mass is 235 g/mol. The Hall–Kier alpha value is 0.840. The Kier molecular flexibility index (Phi) is 39.9. The third-order valence-corrected chi connectivity index (χ3v) is 2.25. The van der Waals surface area contributed by atoms with Crippen LogP contribution in [0.15, 0.2) is 0 Å². The van der Waals surface area contributed by atoms with Gasteiger partial charge in [-0.15, -0.1) is 0 Å². The molecule has 0 bridgehead atoms. The standard InChI is InChI=1S/C5H13Si.2CH4.Ru/c1-4-5-6(2)3;;;/h4-5H2,1-3H3;2*1H4;. The fourth-order valence-corrected chi connectivity index (χ4v) is 1.50. The molecule has 0 N–H and O–H groups in total. The molecule has 0 heterocycles. The predicted molar refractivity (Wildman–Crippen MR) is 46.0 cm³/mol. The van der Waals surface area contributed by atoms with Crippen LogP contribution >= 0.6 is 0 Å². The first-order valence-electron chi connectivity index (χ1n) is 2.56. The Morgan fingerprint density at radius 2 is 1.44 bits per heavy atom. The number of hydrogen-bond acceptors (Lipinski definition) is 0. The van der Waals surface area contributed by atoms with Crippen molar-refractivity contribution in [3.63, 3.8) is 0 Å². The van der Waals surface area contributed by atoms with E-state index in [1.54, 1.807) is 0 Å². The van der Waals surface area contributed by atoms with E-state index in [0.717, 1.165) is 0 Å². The molecule has 0 saturated heterocycles. The fraction of sp³-hybridized carbons (Fsp3) is 1.00. The van der Waals surface area contributed by atoms with Gasteiger partial charge in [-0.3, -0.25) is 0 Å². The molecule has 0 aromatic rings. The summed E-state index contributed by atoms with van der Waals surface area (Å²) in [6.45, 7) is 6.96. The van der Waals surface area contributed by atoms with Crippen LogP contribution in [0.1, 0.15) is 28.2 Å². The molecule has 0 rings (SSSR count). The Bertz CT molecular complexity index is 30.1. The van der Waals surface area contributed by atoms with Crippen LogP contribution in [0.4, 0.5) is 0 Å². The quantitative estimate of drug-likeness (QED) is 0.642. The van der Waals surface area contributed by atoms with Gasteiger partial charge < -0.3 is 0 Å². The van der Waals surface area contributed by atoms with Crippen molar-refractivity contribution in [1.29, 1.82) is 0 Å². The summed E-state index contributed by atoms with van der Waals surface area (Å²) in [6, 6.07) is 1.48. The van der Waals surface area contributed by atoms with Crippen LogP contribution in [0.2, 0.25) is 19.1 Å². The molecule has 0 amide bonds. The minimum Gasteiger partial charge on any atom is -0.0776 e. The number of rotatable bonds is 2.